The van der Waals surface area contributed by atoms with Gasteiger partial charge in [0.1, 0.15) is 0 Å². The highest BCUT2D eigenvalue weighted by Gasteiger charge is 2.28. The van der Waals surface area contributed by atoms with E-state index >= 15 is 0 Å². The average Bonchev–Trinajstić information content (AvgIpc) is 2.88. The van der Waals surface area contributed by atoms with Crippen LogP contribution in [0.5, 0.6) is 0 Å². The first-order valence-electron chi connectivity index (χ1n) is 7.65. The van der Waals surface area contributed by atoms with Gasteiger partial charge in [-0.25, -0.2) is 13.1 Å². The zero-order chi connectivity index (χ0) is 15.3. The molecule has 1 aromatic rings. The molecule has 0 amide bonds. The van der Waals surface area contributed by atoms with Crippen molar-refractivity contribution in [2.24, 2.45) is 0 Å². The molecule has 1 unspecified atom stereocenters. The Labute approximate surface area is 128 Å². The third-order valence-corrected chi connectivity index (χ3v) is 5.60. The molecule has 2 N–H and O–H groups in total. The average molecular weight is 310 g/mol. The van der Waals surface area contributed by atoms with E-state index in [9.17, 15) is 8.42 Å². The van der Waals surface area contributed by atoms with Crippen LogP contribution in [0.3, 0.4) is 0 Å². The summed E-state index contributed by atoms with van der Waals surface area (Å²) in [5.41, 5.74) is 0.815. The number of rotatable bonds is 7. The molecule has 4 nitrogen and oxygen atoms in total. The van der Waals surface area contributed by atoms with Gasteiger partial charge in [0.25, 0.3) is 0 Å². The summed E-state index contributed by atoms with van der Waals surface area (Å²) in [5, 5.41) is 3.24. The molecule has 1 aromatic carbocycles. The smallest absolute Gasteiger partial charge is 0.213 e. The monoisotopic (exact) mass is 310 g/mol. The summed E-state index contributed by atoms with van der Waals surface area (Å²) < 4.78 is 27.4. The van der Waals surface area contributed by atoms with Gasteiger partial charge < -0.3 is 5.32 Å². The molecule has 1 saturated heterocycles. The van der Waals surface area contributed by atoms with Crippen LogP contribution in [0.2, 0.25) is 0 Å². The second kappa shape index (κ2) is 6.90. The molecule has 21 heavy (non-hydrogen) atoms. The van der Waals surface area contributed by atoms with Crippen LogP contribution in [0.1, 0.15) is 38.7 Å². The quantitative estimate of drug-likeness (QED) is 0.810. The summed E-state index contributed by atoms with van der Waals surface area (Å²) >= 11 is 0. The summed E-state index contributed by atoms with van der Waals surface area (Å²) in [6.07, 6.45) is 3.68. The number of benzene rings is 1. The van der Waals surface area contributed by atoms with Crippen LogP contribution in [0.4, 0.5) is 0 Å². The first-order valence-corrected chi connectivity index (χ1v) is 9.30. The van der Waals surface area contributed by atoms with E-state index in [1.807, 2.05) is 32.0 Å². The Morgan fingerprint density at radius 2 is 2.00 bits per heavy atom. The molecule has 2 rings (SSSR count). The summed E-state index contributed by atoms with van der Waals surface area (Å²) in [4.78, 5) is 0. The number of sulfonamides is 1. The van der Waals surface area contributed by atoms with Crippen molar-refractivity contribution in [2.45, 2.75) is 51.1 Å². The molecule has 1 aliphatic heterocycles. The van der Waals surface area contributed by atoms with E-state index in [0.29, 0.717) is 0 Å². The number of hydrogen-bond acceptors (Lipinski definition) is 3. The van der Waals surface area contributed by atoms with Gasteiger partial charge in [-0.2, -0.15) is 0 Å². The number of hydrogen-bond donors (Lipinski definition) is 2. The molecule has 1 fully saturated rings. The van der Waals surface area contributed by atoms with Crippen LogP contribution in [0, 0.1) is 0 Å². The predicted octanol–water partition coefficient (Wildman–Crippen LogP) is 2.07. The Kier molecular flexibility index (Phi) is 5.41. The fourth-order valence-electron chi connectivity index (χ4n) is 2.78. The molecule has 0 saturated carbocycles. The lowest BCUT2D eigenvalue weighted by Crippen LogP contribution is -2.47. The largest absolute Gasteiger partial charge is 0.313 e. The molecule has 1 aliphatic rings. The minimum Gasteiger partial charge on any atom is -0.313 e. The first kappa shape index (κ1) is 16.5. The fraction of sp³-hybridized carbons (Fsp3) is 0.625. The van der Waals surface area contributed by atoms with E-state index in [4.69, 9.17) is 0 Å². The minimum atomic E-state index is -3.24. The topological polar surface area (TPSA) is 58.2 Å². The van der Waals surface area contributed by atoms with Gasteiger partial charge in [0.05, 0.1) is 5.75 Å². The maximum Gasteiger partial charge on any atom is 0.213 e. The third-order valence-electron chi connectivity index (χ3n) is 3.90. The molecule has 1 atom stereocenters. The lowest BCUT2D eigenvalue weighted by Gasteiger charge is -2.27. The second-order valence-corrected chi connectivity index (χ2v) is 8.31. The SMILES string of the molecule is CC(C)(CCc1ccccc1)NS(=O)(=O)CC1CCCN1. The highest BCUT2D eigenvalue weighted by atomic mass is 32.2. The third kappa shape index (κ3) is 5.77. The Morgan fingerprint density at radius 1 is 1.29 bits per heavy atom. The zero-order valence-corrected chi connectivity index (χ0v) is 13.7. The van der Waals surface area contributed by atoms with Crippen molar-refractivity contribution in [1.82, 2.24) is 10.0 Å². The van der Waals surface area contributed by atoms with Crippen molar-refractivity contribution in [3.63, 3.8) is 0 Å². The summed E-state index contributed by atoms with van der Waals surface area (Å²) in [6.45, 7) is 4.84. The summed E-state index contributed by atoms with van der Waals surface area (Å²) in [7, 11) is -3.24. The van der Waals surface area contributed by atoms with Crippen LogP contribution >= 0.6 is 0 Å². The highest BCUT2D eigenvalue weighted by molar-refractivity contribution is 7.89. The molecule has 0 aliphatic carbocycles. The minimum absolute atomic E-state index is 0.104. The molecule has 5 heteroatoms. The molecule has 0 aromatic heterocycles. The van der Waals surface area contributed by atoms with E-state index in [1.54, 1.807) is 0 Å². The van der Waals surface area contributed by atoms with E-state index < -0.39 is 15.6 Å². The standard InChI is InChI=1S/C16H26N2O2S/c1-16(2,11-10-14-7-4-3-5-8-14)18-21(19,20)13-15-9-6-12-17-15/h3-5,7-8,15,17-18H,6,9-13H2,1-2H3. The van der Waals surface area contributed by atoms with Crippen molar-refractivity contribution in [3.8, 4) is 0 Å². The summed E-state index contributed by atoms with van der Waals surface area (Å²) in [6, 6.07) is 10.3. The van der Waals surface area contributed by atoms with Crippen LogP contribution < -0.4 is 10.0 Å². The molecule has 0 radical (unpaired) electrons. The van der Waals surface area contributed by atoms with Gasteiger partial charge in [-0.1, -0.05) is 30.3 Å². The van der Waals surface area contributed by atoms with E-state index in [2.05, 4.69) is 22.2 Å². The van der Waals surface area contributed by atoms with Crippen LogP contribution in [0.25, 0.3) is 0 Å². The predicted molar refractivity (Wildman–Crippen MR) is 86.8 cm³/mol. The van der Waals surface area contributed by atoms with Gasteiger partial charge in [-0.05, 0) is 51.6 Å². The lowest BCUT2D eigenvalue weighted by molar-refractivity contribution is 0.420. The zero-order valence-electron chi connectivity index (χ0n) is 12.9. The van der Waals surface area contributed by atoms with Crippen molar-refractivity contribution < 1.29 is 8.42 Å². The molecule has 0 bridgehead atoms. The van der Waals surface area contributed by atoms with Gasteiger partial charge >= 0.3 is 0 Å². The van der Waals surface area contributed by atoms with Gasteiger partial charge in [0.15, 0.2) is 0 Å². The Hall–Kier alpha value is -0.910. The van der Waals surface area contributed by atoms with Gasteiger partial charge in [-0.15, -0.1) is 0 Å². The first-order chi connectivity index (χ1) is 9.86. The molecule has 0 spiro atoms. The maximum absolute atomic E-state index is 12.3. The molecule has 1 heterocycles. The Bertz CT molecular complexity index is 535. The molecular weight excluding hydrogens is 284 g/mol. The van der Waals surface area contributed by atoms with Gasteiger partial charge in [0.2, 0.25) is 10.0 Å². The molecule has 118 valence electrons. The number of nitrogens with one attached hydrogen (secondary N) is 2. The highest BCUT2D eigenvalue weighted by Crippen LogP contribution is 2.16. The van der Waals surface area contributed by atoms with Crippen LogP contribution in [-0.4, -0.2) is 32.3 Å². The second-order valence-electron chi connectivity index (χ2n) is 6.55. The Morgan fingerprint density at radius 3 is 2.62 bits per heavy atom. The summed E-state index contributed by atoms with van der Waals surface area (Å²) in [5.74, 6) is 0.182. The lowest BCUT2D eigenvalue weighted by atomic mass is 9.97. The normalized spacial score (nSPS) is 19.8. The maximum atomic E-state index is 12.3. The molecular formula is C16H26N2O2S. The van der Waals surface area contributed by atoms with Crippen LogP contribution in [0.15, 0.2) is 30.3 Å². The van der Waals surface area contributed by atoms with Crippen LogP contribution in [-0.2, 0) is 16.4 Å². The Balaban J connectivity index is 1.86. The fourth-order valence-corrected chi connectivity index (χ4v) is 4.62. The van der Waals surface area contributed by atoms with E-state index in [-0.39, 0.29) is 11.8 Å². The van der Waals surface area contributed by atoms with E-state index in [1.165, 1.54) is 5.56 Å². The van der Waals surface area contributed by atoms with Gasteiger partial charge in [-0.3, -0.25) is 0 Å². The van der Waals surface area contributed by atoms with Gasteiger partial charge in [0, 0.05) is 11.6 Å². The van der Waals surface area contributed by atoms with E-state index in [0.717, 1.165) is 32.2 Å². The number of aryl methyl sites for hydroxylation is 1. The van der Waals surface area contributed by atoms with Crippen molar-refractivity contribution in [1.29, 1.82) is 0 Å². The van der Waals surface area contributed by atoms with Crippen molar-refractivity contribution in [2.75, 3.05) is 12.3 Å². The van der Waals surface area contributed by atoms with Crippen molar-refractivity contribution in [3.05, 3.63) is 35.9 Å². The van der Waals surface area contributed by atoms with Crippen molar-refractivity contribution >= 4 is 10.0 Å².